The zero-order chi connectivity index (χ0) is 13.4. The zero-order valence-electron chi connectivity index (χ0n) is 12.5. The van der Waals surface area contributed by atoms with Crippen LogP contribution in [0, 0.1) is 17.8 Å². The topological polar surface area (TPSA) is 12.0 Å². The Labute approximate surface area is 123 Å². The summed E-state index contributed by atoms with van der Waals surface area (Å²) < 4.78 is 0. The fourth-order valence-corrected chi connectivity index (χ4v) is 5.62. The average molecular weight is 269 g/mol. The van der Waals surface area contributed by atoms with Gasteiger partial charge in [-0.2, -0.15) is 0 Å². The molecule has 4 bridgehead atoms. The number of hydrogen-bond acceptors (Lipinski definition) is 1. The summed E-state index contributed by atoms with van der Waals surface area (Å²) in [5, 5.41) is 4.00. The molecule has 0 atom stereocenters. The molecule has 5 rings (SSSR count). The molecule has 0 aromatic heterocycles. The van der Waals surface area contributed by atoms with Crippen molar-refractivity contribution in [3.8, 4) is 0 Å². The van der Waals surface area contributed by atoms with E-state index < -0.39 is 0 Å². The molecule has 1 nitrogen and oxygen atoms in total. The summed E-state index contributed by atoms with van der Waals surface area (Å²) in [6.07, 6.45) is 11.6. The van der Waals surface area contributed by atoms with Gasteiger partial charge in [0.15, 0.2) is 0 Å². The lowest BCUT2D eigenvalue weighted by Crippen LogP contribution is -2.58. The molecule has 0 heterocycles. The highest BCUT2D eigenvalue weighted by molar-refractivity contribution is 5.14. The molecule has 108 valence electrons. The Hall–Kier alpha value is -0.820. The third kappa shape index (κ3) is 2.53. The maximum Gasteiger partial charge on any atom is 0.0189 e. The van der Waals surface area contributed by atoms with Crippen LogP contribution in [0.25, 0.3) is 0 Å². The maximum atomic E-state index is 4.00. The Bertz CT molecular complexity index is 415. The van der Waals surface area contributed by atoms with Crippen LogP contribution >= 0.6 is 0 Å². The predicted molar refractivity (Wildman–Crippen MR) is 83.7 cm³/mol. The molecular weight excluding hydrogens is 242 g/mol. The van der Waals surface area contributed by atoms with Gasteiger partial charge in [0.05, 0.1) is 0 Å². The molecule has 1 N–H and O–H groups in total. The van der Waals surface area contributed by atoms with Gasteiger partial charge in [-0.05, 0) is 81.2 Å². The number of benzene rings is 1. The SMILES string of the molecule is c1ccc(CCCNC23CC4CC(CC(C4)C2)C3)cc1. The van der Waals surface area contributed by atoms with E-state index in [9.17, 15) is 0 Å². The van der Waals surface area contributed by atoms with Gasteiger partial charge in [0, 0.05) is 5.54 Å². The van der Waals surface area contributed by atoms with Gasteiger partial charge >= 0.3 is 0 Å². The molecule has 0 saturated heterocycles. The lowest BCUT2D eigenvalue weighted by Gasteiger charge is -2.57. The number of aryl methyl sites for hydroxylation is 1. The van der Waals surface area contributed by atoms with Gasteiger partial charge in [-0.1, -0.05) is 30.3 Å². The largest absolute Gasteiger partial charge is 0.311 e. The van der Waals surface area contributed by atoms with E-state index in [4.69, 9.17) is 0 Å². The van der Waals surface area contributed by atoms with Gasteiger partial charge in [0.2, 0.25) is 0 Å². The van der Waals surface area contributed by atoms with Crippen LogP contribution in [-0.4, -0.2) is 12.1 Å². The summed E-state index contributed by atoms with van der Waals surface area (Å²) in [6, 6.07) is 10.9. The van der Waals surface area contributed by atoms with Crippen LogP contribution in [0.4, 0.5) is 0 Å². The molecule has 0 spiro atoms. The van der Waals surface area contributed by atoms with Crippen molar-refractivity contribution in [2.24, 2.45) is 17.8 Å². The lowest BCUT2D eigenvalue weighted by molar-refractivity contribution is -0.0195. The second kappa shape index (κ2) is 5.18. The second-order valence-corrected chi connectivity index (χ2v) is 7.71. The molecule has 4 saturated carbocycles. The molecule has 4 fully saturated rings. The Balaban J connectivity index is 1.29. The summed E-state index contributed by atoms with van der Waals surface area (Å²) in [4.78, 5) is 0. The third-order valence-electron chi connectivity index (χ3n) is 6.02. The summed E-state index contributed by atoms with van der Waals surface area (Å²) in [5.41, 5.74) is 2.03. The fraction of sp³-hybridized carbons (Fsp3) is 0.684. The van der Waals surface area contributed by atoms with E-state index in [1.165, 1.54) is 44.2 Å². The van der Waals surface area contributed by atoms with Crippen molar-refractivity contribution in [2.75, 3.05) is 6.54 Å². The first kappa shape index (κ1) is 12.9. The average Bonchev–Trinajstić information content (AvgIpc) is 2.43. The standard InChI is InChI=1S/C19H27N/c1-2-5-15(6-3-1)7-4-8-20-19-12-16-9-17(13-19)11-18(10-16)14-19/h1-3,5-6,16-18,20H,4,7-14H2. The first-order valence-corrected chi connectivity index (χ1v) is 8.60. The quantitative estimate of drug-likeness (QED) is 0.791. The molecule has 4 aliphatic rings. The predicted octanol–water partition coefficient (Wildman–Crippen LogP) is 4.18. The van der Waals surface area contributed by atoms with Crippen molar-refractivity contribution in [1.29, 1.82) is 0 Å². The monoisotopic (exact) mass is 269 g/mol. The number of nitrogens with one attached hydrogen (secondary N) is 1. The van der Waals surface area contributed by atoms with Crippen LogP contribution < -0.4 is 5.32 Å². The van der Waals surface area contributed by atoms with Gasteiger partial charge in [-0.25, -0.2) is 0 Å². The first-order valence-electron chi connectivity index (χ1n) is 8.60. The Morgan fingerprint density at radius 2 is 1.50 bits per heavy atom. The van der Waals surface area contributed by atoms with Crippen LogP contribution in [-0.2, 0) is 6.42 Å². The minimum Gasteiger partial charge on any atom is -0.311 e. The Kier molecular flexibility index (Phi) is 3.34. The van der Waals surface area contributed by atoms with Crippen LogP contribution in [0.5, 0.6) is 0 Å². The van der Waals surface area contributed by atoms with Gasteiger partial charge in [0.1, 0.15) is 0 Å². The first-order chi connectivity index (χ1) is 9.81. The van der Waals surface area contributed by atoms with Crippen molar-refractivity contribution in [2.45, 2.75) is 56.9 Å². The zero-order valence-corrected chi connectivity index (χ0v) is 12.5. The minimum atomic E-state index is 0.547. The Morgan fingerprint density at radius 1 is 0.900 bits per heavy atom. The van der Waals surface area contributed by atoms with E-state index in [1.807, 2.05) is 0 Å². The third-order valence-corrected chi connectivity index (χ3v) is 6.02. The van der Waals surface area contributed by atoms with E-state index in [0.29, 0.717) is 5.54 Å². The molecule has 1 heteroatoms. The highest BCUT2D eigenvalue weighted by Crippen LogP contribution is 2.55. The molecule has 4 aliphatic carbocycles. The Morgan fingerprint density at radius 3 is 2.10 bits per heavy atom. The lowest BCUT2D eigenvalue weighted by atomic mass is 9.53. The summed E-state index contributed by atoms with van der Waals surface area (Å²) in [5.74, 6) is 3.17. The fourth-order valence-electron chi connectivity index (χ4n) is 5.62. The van der Waals surface area contributed by atoms with E-state index in [1.54, 1.807) is 19.3 Å². The normalized spacial score (nSPS) is 38.3. The molecule has 0 amide bonds. The van der Waals surface area contributed by atoms with Crippen molar-refractivity contribution < 1.29 is 0 Å². The number of hydrogen-bond donors (Lipinski definition) is 1. The van der Waals surface area contributed by atoms with E-state index >= 15 is 0 Å². The van der Waals surface area contributed by atoms with Gasteiger partial charge in [-0.3, -0.25) is 0 Å². The van der Waals surface area contributed by atoms with Crippen LogP contribution in [0.3, 0.4) is 0 Å². The van der Waals surface area contributed by atoms with Crippen molar-refractivity contribution >= 4 is 0 Å². The van der Waals surface area contributed by atoms with E-state index in [-0.39, 0.29) is 0 Å². The molecular formula is C19H27N. The minimum absolute atomic E-state index is 0.547. The highest BCUT2D eigenvalue weighted by Gasteiger charge is 2.50. The highest BCUT2D eigenvalue weighted by atomic mass is 15.0. The molecule has 1 aromatic carbocycles. The van der Waals surface area contributed by atoms with Crippen LogP contribution in [0.15, 0.2) is 30.3 Å². The molecule has 20 heavy (non-hydrogen) atoms. The smallest absolute Gasteiger partial charge is 0.0189 e. The van der Waals surface area contributed by atoms with Gasteiger partial charge < -0.3 is 5.32 Å². The van der Waals surface area contributed by atoms with Crippen LogP contribution in [0.2, 0.25) is 0 Å². The van der Waals surface area contributed by atoms with Gasteiger partial charge in [-0.15, -0.1) is 0 Å². The number of rotatable bonds is 5. The van der Waals surface area contributed by atoms with Gasteiger partial charge in [0.25, 0.3) is 0 Å². The summed E-state index contributed by atoms with van der Waals surface area (Å²) in [7, 11) is 0. The van der Waals surface area contributed by atoms with Crippen molar-refractivity contribution in [3.63, 3.8) is 0 Å². The molecule has 0 unspecified atom stereocenters. The van der Waals surface area contributed by atoms with Crippen LogP contribution in [0.1, 0.15) is 50.5 Å². The molecule has 1 aromatic rings. The molecule has 0 radical (unpaired) electrons. The maximum absolute atomic E-state index is 4.00. The van der Waals surface area contributed by atoms with E-state index in [0.717, 1.165) is 17.8 Å². The second-order valence-electron chi connectivity index (χ2n) is 7.71. The molecule has 0 aliphatic heterocycles. The van der Waals surface area contributed by atoms with E-state index in [2.05, 4.69) is 35.6 Å². The van der Waals surface area contributed by atoms with Crippen molar-refractivity contribution in [1.82, 2.24) is 5.32 Å². The van der Waals surface area contributed by atoms with Crippen molar-refractivity contribution in [3.05, 3.63) is 35.9 Å². The summed E-state index contributed by atoms with van der Waals surface area (Å²) >= 11 is 0. The summed E-state index contributed by atoms with van der Waals surface area (Å²) in [6.45, 7) is 1.21.